The van der Waals surface area contributed by atoms with E-state index in [1.165, 1.54) is 4.68 Å². The van der Waals surface area contributed by atoms with Crippen LogP contribution in [-0.4, -0.2) is 49.3 Å². The minimum absolute atomic E-state index is 0.0576. The predicted molar refractivity (Wildman–Crippen MR) is 99.8 cm³/mol. The molecule has 5 heterocycles. The molecule has 3 aromatic rings. The number of rotatable bonds is 1. The molecule has 9 nitrogen and oxygen atoms in total. The molecule has 0 aromatic carbocycles. The van der Waals surface area contributed by atoms with Crippen LogP contribution in [0.15, 0.2) is 6.20 Å². The Morgan fingerprint density at radius 3 is 3.00 bits per heavy atom. The van der Waals surface area contributed by atoms with Crippen molar-refractivity contribution < 1.29 is 12.2 Å². The number of halogens is 1. The van der Waals surface area contributed by atoms with Crippen molar-refractivity contribution in [1.82, 2.24) is 29.5 Å². The summed E-state index contributed by atoms with van der Waals surface area (Å²) in [6, 6.07) is 0.227. The van der Waals surface area contributed by atoms with Crippen LogP contribution >= 0.6 is 11.6 Å². The van der Waals surface area contributed by atoms with Crippen LogP contribution in [0.25, 0.3) is 11.0 Å². The Bertz CT molecular complexity index is 1080. The molecule has 0 spiro atoms. The lowest BCUT2D eigenvalue weighted by atomic mass is 10.1. The summed E-state index contributed by atoms with van der Waals surface area (Å²) in [4.78, 5) is 8.80. The van der Waals surface area contributed by atoms with Gasteiger partial charge in [0.25, 0.3) is 5.88 Å². The van der Waals surface area contributed by atoms with Crippen LogP contribution < -0.4 is 10.1 Å². The highest BCUT2D eigenvalue weighted by molar-refractivity contribution is 6.34. The van der Waals surface area contributed by atoms with Crippen LogP contribution in [0.5, 0.6) is 5.88 Å². The summed E-state index contributed by atoms with van der Waals surface area (Å²) >= 11 is 6.17. The topological polar surface area (TPSA) is 91.9 Å². The van der Waals surface area contributed by atoms with E-state index in [4.69, 9.17) is 23.8 Å². The molecule has 5 rings (SSSR count). The lowest BCUT2D eigenvalue weighted by Gasteiger charge is -2.23. The zero-order valence-electron chi connectivity index (χ0n) is 16.8. The second-order valence-electron chi connectivity index (χ2n) is 6.57. The Balaban J connectivity index is 1.62. The van der Waals surface area contributed by atoms with Crippen LogP contribution in [0.1, 0.15) is 33.7 Å². The number of aromatic nitrogens is 6. The second-order valence-corrected chi connectivity index (χ2v) is 6.93. The maximum Gasteiger partial charge on any atom is 0.257 e. The van der Waals surface area contributed by atoms with Crippen molar-refractivity contribution in [2.75, 3.05) is 25.1 Å². The second kappa shape index (κ2) is 6.65. The maximum absolute atomic E-state index is 8.43. The summed E-state index contributed by atoms with van der Waals surface area (Å²) in [5.41, 5.74) is 1.91. The summed E-state index contributed by atoms with van der Waals surface area (Å²) in [6.45, 7) is 1.66. The minimum atomic E-state index is -1.83. The summed E-state index contributed by atoms with van der Waals surface area (Å²) in [5, 5.41) is 12.7. The quantitative estimate of drug-likeness (QED) is 0.681. The molecular weight excluding hydrogens is 370 g/mol. The third kappa shape index (κ3) is 2.90. The maximum atomic E-state index is 8.43. The van der Waals surface area contributed by atoms with Crippen LogP contribution in [0.3, 0.4) is 0 Å². The molecule has 0 unspecified atom stereocenters. The molecule has 1 fully saturated rings. The van der Waals surface area contributed by atoms with Crippen LogP contribution in [-0.2, 0) is 11.2 Å². The van der Waals surface area contributed by atoms with E-state index < -0.39 is 6.50 Å². The van der Waals surface area contributed by atoms with Gasteiger partial charge in [-0.05, 0) is 19.8 Å². The third-order valence-corrected chi connectivity index (χ3v) is 5.15. The highest BCUT2D eigenvalue weighted by atomic mass is 35.5. The number of fused-ring (bicyclic) bond motifs is 2. The van der Waals surface area contributed by atoms with E-state index in [0.29, 0.717) is 41.8 Å². The summed E-state index contributed by atoms with van der Waals surface area (Å²) in [7, 11) is 0. The van der Waals surface area contributed by atoms with E-state index in [-0.39, 0.29) is 24.2 Å². The molecule has 0 aliphatic carbocycles. The van der Waals surface area contributed by atoms with Gasteiger partial charge in [0.05, 0.1) is 26.5 Å². The SMILES string of the molecule is [2H]C1([2H])CCOc2nn(C3CCOCC3)c(C)c2Nc2ncc3c(Cl)nn1c3n2. The molecule has 10 heteroatoms. The smallest absolute Gasteiger partial charge is 0.257 e. The minimum Gasteiger partial charge on any atom is -0.475 e. The van der Waals surface area contributed by atoms with Crippen LogP contribution in [0, 0.1) is 6.92 Å². The van der Waals surface area contributed by atoms with Gasteiger partial charge in [0.2, 0.25) is 5.95 Å². The average molecular weight is 392 g/mol. The van der Waals surface area contributed by atoms with Crippen molar-refractivity contribution in [3.05, 3.63) is 17.0 Å². The number of anilines is 2. The molecule has 27 heavy (non-hydrogen) atoms. The molecule has 3 aromatic heterocycles. The van der Waals surface area contributed by atoms with Crippen molar-refractivity contribution in [2.45, 2.75) is 38.7 Å². The Kier molecular flexibility index (Phi) is 3.60. The Hall–Kier alpha value is -2.39. The largest absolute Gasteiger partial charge is 0.475 e. The Morgan fingerprint density at radius 2 is 2.15 bits per heavy atom. The van der Waals surface area contributed by atoms with E-state index in [2.05, 4.69) is 25.5 Å². The summed E-state index contributed by atoms with van der Waals surface area (Å²) in [5.74, 6) is 0.707. The van der Waals surface area contributed by atoms with Gasteiger partial charge >= 0.3 is 0 Å². The van der Waals surface area contributed by atoms with Gasteiger partial charge in [-0.15, -0.1) is 5.10 Å². The first-order valence-electron chi connectivity index (χ1n) is 9.92. The fourth-order valence-corrected chi connectivity index (χ4v) is 3.68. The van der Waals surface area contributed by atoms with Gasteiger partial charge in [-0.1, -0.05) is 11.6 Å². The van der Waals surface area contributed by atoms with E-state index in [1.807, 2.05) is 11.6 Å². The number of aryl methyl sites for hydroxylation is 1. The zero-order chi connectivity index (χ0) is 20.2. The first-order chi connectivity index (χ1) is 13.9. The first kappa shape index (κ1) is 14.6. The average Bonchev–Trinajstić information content (AvgIpc) is 3.20. The number of hydrogen-bond acceptors (Lipinski definition) is 7. The molecule has 1 N–H and O–H groups in total. The monoisotopic (exact) mass is 391 g/mol. The van der Waals surface area contributed by atoms with E-state index >= 15 is 0 Å². The van der Waals surface area contributed by atoms with Crippen LogP contribution in [0.4, 0.5) is 11.6 Å². The summed E-state index contributed by atoms with van der Waals surface area (Å²) in [6.07, 6.45) is 3.36. The van der Waals surface area contributed by atoms with Gasteiger partial charge in [0, 0.05) is 32.3 Å². The highest BCUT2D eigenvalue weighted by Gasteiger charge is 2.25. The van der Waals surface area contributed by atoms with Crippen molar-refractivity contribution in [1.29, 1.82) is 0 Å². The van der Waals surface area contributed by atoms with Crippen molar-refractivity contribution >= 4 is 34.3 Å². The number of ether oxygens (including phenoxy) is 2. The molecule has 1 saturated heterocycles. The highest BCUT2D eigenvalue weighted by Crippen LogP contribution is 2.34. The van der Waals surface area contributed by atoms with E-state index in [9.17, 15) is 0 Å². The van der Waals surface area contributed by atoms with Gasteiger partial charge in [-0.25, -0.2) is 9.67 Å². The van der Waals surface area contributed by atoms with Crippen molar-refractivity contribution in [3.63, 3.8) is 0 Å². The fraction of sp³-hybridized carbons (Fsp3) is 0.529. The molecule has 2 aliphatic heterocycles. The normalized spacial score (nSPS) is 21.0. The molecule has 2 bridgehead atoms. The van der Waals surface area contributed by atoms with Gasteiger partial charge in [0.15, 0.2) is 10.8 Å². The third-order valence-electron chi connectivity index (χ3n) is 4.87. The molecule has 0 radical (unpaired) electrons. The first-order valence-corrected chi connectivity index (χ1v) is 9.30. The zero-order valence-corrected chi connectivity index (χ0v) is 15.5. The summed E-state index contributed by atoms with van der Waals surface area (Å²) < 4.78 is 31.4. The fourth-order valence-electron chi connectivity index (χ4n) is 3.47. The molecule has 0 atom stereocenters. The van der Waals surface area contributed by atoms with Crippen LogP contribution in [0.2, 0.25) is 5.15 Å². The van der Waals surface area contributed by atoms with E-state index in [1.54, 1.807) is 6.20 Å². The van der Waals surface area contributed by atoms with Gasteiger partial charge in [-0.2, -0.15) is 10.1 Å². The van der Waals surface area contributed by atoms with Gasteiger partial charge < -0.3 is 14.8 Å². The lowest BCUT2D eigenvalue weighted by molar-refractivity contribution is 0.0652. The molecule has 0 saturated carbocycles. The lowest BCUT2D eigenvalue weighted by Crippen LogP contribution is -2.21. The van der Waals surface area contributed by atoms with E-state index in [0.717, 1.165) is 18.5 Å². The standard InChI is InChI=1S/C17H20ClN7O2/c1-10-13-16(23-25(10)11-3-7-26-8-4-11)27-6-2-5-24-15-12(14(18)22-24)9-19-17(20-13)21-15/h9,11H,2-8H2,1H3,(H,19,20,21)/i5D2. The molecule has 2 aliphatic rings. The number of nitrogens with one attached hydrogen (secondary N) is 1. The van der Waals surface area contributed by atoms with Gasteiger partial charge in [0.1, 0.15) is 5.69 Å². The Morgan fingerprint density at radius 1 is 1.30 bits per heavy atom. The van der Waals surface area contributed by atoms with Crippen molar-refractivity contribution in [2.24, 2.45) is 0 Å². The molecule has 0 amide bonds. The number of nitrogens with zero attached hydrogens (tertiary/aromatic N) is 6. The molecular formula is C17H20ClN7O2. The van der Waals surface area contributed by atoms with Crippen molar-refractivity contribution in [3.8, 4) is 5.88 Å². The Labute approximate surface area is 163 Å². The van der Waals surface area contributed by atoms with Gasteiger partial charge in [-0.3, -0.25) is 4.68 Å². The molecule has 142 valence electrons. The number of hydrogen-bond donors (Lipinski definition) is 1. The predicted octanol–water partition coefficient (Wildman–Crippen LogP) is 2.86.